The van der Waals surface area contributed by atoms with Gasteiger partial charge in [-0.25, -0.2) is 4.79 Å². The first kappa shape index (κ1) is 14.1. The third-order valence-electron chi connectivity index (χ3n) is 4.83. The number of hydrogen-bond donors (Lipinski definition) is 1. The second-order valence-electron chi connectivity index (χ2n) is 7.68. The van der Waals surface area contributed by atoms with Crippen LogP contribution >= 0.6 is 0 Å². The minimum atomic E-state index is -0.392. The van der Waals surface area contributed by atoms with E-state index in [0.29, 0.717) is 5.41 Å². The summed E-state index contributed by atoms with van der Waals surface area (Å²) in [5.74, 6) is 0. The summed E-state index contributed by atoms with van der Waals surface area (Å²) in [6, 6.07) is 0.768. The topological polar surface area (TPSA) is 44.8 Å². The van der Waals surface area contributed by atoms with Gasteiger partial charge in [-0.1, -0.05) is 0 Å². The standard InChI is InChI=1S/C15H27N3O2/c1-14(2,3)20-13(19)17-6-4-15(5-7-17)10-18(11-15)12-8-16-9-12/h12,16H,4-11H2,1-3H3. The molecule has 3 aliphatic rings. The highest BCUT2D eigenvalue weighted by Crippen LogP contribution is 2.41. The molecule has 3 fully saturated rings. The maximum Gasteiger partial charge on any atom is 0.410 e. The molecular formula is C15H27N3O2. The van der Waals surface area contributed by atoms with Gasteiger partial charge >= 0.3 is 6.09 Å². The highest BCUT2D eigenvalue weighted by molar-refractivity contribution is 5.68. The zero-order chi connectivity index (χ0) is 14.4. The molecule has 1 amide bonds. The molecule has 3 rings (SSSR count). The monoisotopic (exact) mass is 281 g/mol. The van der Waals surface area contributed by atoms with Crippen molar-refractivity contribution in [3.63, 3.8) is 0 Å². The molecule has 3 aliphatic heterocycles. The summed E-state index contributed by atoms with van der Waals surface area (Å²) in [7, 11) is 0. The first-order valence-corrected chi connectivity index (χ1v) is 7.80. The molecule has 0 aromatic rings. The smallest absolute Gasteiger partial charge is 0.410 e. The number of hydrogen-bond acceptors (Lipinski definition) is 4. The SMILES string of the molecule is CC(C)(C)OC(=O)N1CCC2(CC1)CN(C1CNC1)C2. The number of nitrogens with zero attached hydrogens (tertiary/aromatic N) is 2. The third-order valence-corrected chi connectivity index (χ3v) is 4.83. The van der Waals surface area contributed by atoms with Gasteiger partial charge in [0.15, 0.2) is 0 Å². The Balaban J connectivity index is 1.44. The number of carbonyl (C=O) groups excluding carboxylic acids is 1. The molecule has 3 saturated heterocycles. The van der Waals surface area contributed by atoms with E-state index in [1.807, 2.05) is 25.7 Å². The van der Waals surface area contributed by atoms with Gasteiger partial charge in [-0.15, -0.1) is 0 Å². The highest BCUT2D eigenvalue weighted by atomic mass is 16.6. The molecule has 5 nitrogen and oxygen atoms in total. The van der Waals surface area contributed by atoms with Gasteiger partial charge in [-0.05, 0) is 39.0 Å². The first-order chi connectivity index (χ1) is 9.37. The second-order valence-corrected chi connectivity index (χ2v) is 7.68. The second kappa shape index (κ2) is 4.88. The number of amides is 1. The maximum atomic E-state index is 12.0. The lowest BCUT2D eigenvalue weighted by Gasteiger charge is -2.58. The van der Waals surface area contributed by atoms with E-state index in [-0.39, 0.29) is 6.09 Å². The summed E-state index contributed by atoms with van der Waals surface area (Å²) < 4.78 is 5.45. The number of ether oxygens (including phenoxy) is 1. The average Bonchev–Trinajstić information content (AvgIpc) is 2.23. The molecule has 0 unspecified atom stereocenters. The van der Waals surface area contributed by atoms with Gasteiger partial charge in [0, 0.05) is 45.3 Å². The zero-order valence-electron chi connectivity index (χ0n) is 12.9. The van der Waals surface area contributed by atoms with Crippen molar-refractivity contribution >= 4 is 6.09 Å². The van der Waals surface area contributed by atoms with Crippen LogP contribution in [-0.4, -0.2) is 66.8 Å². The van der Waals surface area contributed by atoms with Crippen molar-refractivity contribution in [1.29, 1.82) is 0 Å². The fourth-order valence-corrected chi connectivity index (χ4v) is 3.41. The van der Waals surface area contributed by atoms with Gasteiger partial charge in [0.1, 0.15) is 5.60 Å². The molecule has 0 radical (unpaired) electrons. The van der Waals surface area contributed by atoms with Gasteiger partial charge < -0.3 is 15.0 Å². The molecule has 0 saturated carbocycles. The van der Waals surface area contributed by atoms with E-state index in [0.717, 1.165) is 45.1 Å². The number of carbonyl (C=O) groups is 1. The molecule has 0 aliphatic carbocycles. The number of piperidine rings is 1. The Bertz CT molecular complexity index is 371. The molecule has 1 N–H and O–H groups in total. The number of rotatable bonds is 1. The fraction of sp³-hybridized carbons (Fsp3) is 0.933. The van der Waals surface area contributed by atoms with Crippen molar-refractivity contribution in [2.45, 2.75) is 45.3 Å². The molecular weight excluding hydrogens is 254 g/mol. The Kier molecular flexibility index (Phi) is 3.45. The fourth-order valence-electron chi connectivity index (χ4n) is 3.41. The van der Waals surface area contributed by atoms with E-state index in [9.17, 15) is 4.79 Å². The van der Waals surface area contributed by atoms with Gasteiger partial charge in [-0.2, -0.15) is 0 Å². The van der Waals surface area contributed by atoms with Gasteiger partial charge in [0.25, 0.3) is 0 Å². The molecule has 20 heavy (non-hydrogen) atoms. The van der Waals surface area contributed by atoms with Crippen molar-refractivity contribution < 1.29 is 9.53 Å². The Morgan fingerprint density at radius 2 is 1.80 bits per heavy atom. The van der Waals surface area contributed by atoms with E-state index in [1.54, 1.807) is 0 Å². The lowest BCUT2D eigenvalue weighted by Crippen LogP contribution is -2.69. The molecule has 114 valence electrons. The molecule has 5 heteroatoms. The van der Waals surface area contributed by atoms with Crippen molar-refractivity contribution in [3.05, 3.63) is 0 Å². The van der Waals surface area contributed by atoms with Gasteiger partial charge in [0.2, 0.25) is 0 Å². The van der Waals surface area contributed by atoms with Gasteiger partial charge in [0.05, 0.1) is 0 Å². The van der Waals surface area contributed by atoms with Crippen LogP contribution in [0.15, 0.2) is 0 Å². The van der Waals surface area contributed by atoms with Crippen LogP contribution < -0.4 is 5.32 Å². The Morgan fingerprint density at radius 1 is 1.20 bits per heavy atom. The minimum absolute atomic E-state index is 0.147. The predicted molar refractivity (Wildman–Crippen MR) is 77.7 cm³/mol. The van der Waals surface area contributed by atoms with E-state index in [1.165, 1.54) is 13.1 Å². The van der Waals surface area contributed by atoms with E-state index in [4.69, 9.17) is 4.74 Å². The first-order valence-electron chi connectivity index (χ1n) is 7.80. The lowest BCUT2D eigenvalue weighted by molar-refractivity contribution is -0.0798. The predicted octanol–water partition coefficient (Wildman–Crippen LogP) is 1.29. The van der Waals surface area contributed by atoms with Crippen LogP contribution in [0.1, 0.15) is 33.6 Å². The summed E-state index contributed by atoms with van der Waals surface area (Å²) in [5, 5.41) is 3.33. The number of nitrogens with one attached hydrogen (secondary N) is 1. The largest absolute Gasteiger partial charge is 0.444 e. The van der Waals surface area contributed by atoms with Crippen LogP contribution in [0.4, 0.5) is 4.79 Å². The Labute approximate surface area is 121 Å². The van der Waals surface area contributed by atoms with Crippen LogP contribution in [0.25, 0.3) is 0 Å². The molecule has 0 bridgehead atoms. The molecule has 3 heterocycles. The van der Waals surface area contributed by atoms with Crippen LogP contribution in [0.3, 0.4) is 0 Å². The van der Waals surface area contributed by atoms with E-state index in [2.05, 4.69) is 10.2 Å². The van der Waals surface area contributed by atoms with Crippen molar-refractivity contribution in [3.8, 4) is 0 Å². The summed E-state index contributed by atoms with van der Waals surface area (Å²) in [6.45, 7) is 12.2. The summed E-state index contributed by atoms with van der Waals surface area (Å²) in [6.07, 6.45) is 2.11. The Morgan fingerprint density at radius 3 is 2.25 bits per heavy atom. The zero-order valence-corrected chi connectivity index (χ0v) is 12.9. The van der Waals surface area contributed by atoms with Crippen LogP contribution in [0.2, 0.25) is 0 Å². The number of likely N-dealkylation sites (tertiary alicyclic amines) is 2. The summed E-state index contributed by atoms with van der Waals surface area (Å²) in [5.41, 5.74) is 0.0881. The van der Waals surface area contributed by atoms with Crippen molar-refractivity contribution in [2.24, 2.45) is 5.41 Å². The minimum Gasteiger partial charge on any atom is -0.444 e. The van der Waals surface area contributed by atoms with E-state index >= 15 is 0 Å². The van der Waals surface area contributed by atoms with Crippen LogP contribution in [-0.2, 0) is 4.74 Å². The van der Waals surface area contributed by atoms with Crippen molar-refractivity contribution in [2.75, 3.05) is 39.3 Å². The maximum absolute atomic E-state index is 12.0. The van der Waals surface area contributed by atoms with Gasteiger partial charge in [-0.3, -0.25) is 4.90 Å². The summed E-state index contributed by atoms with van der Waals surface area (Å²) in [4.78, 5) is 16.5. The normalized spacial score (nSPS) is 27.1. The summed E-state index contributed by atoms with van der Waals surface area (Å²) >= 11 is 0. The quantitative estimate of drug-likeness (QED) is 0.787. The van der Waals surface area contributed by atoms with Crippen LogP contribution in [0, 0.1) is 5.41 Å². The average molecular weight is 281 g/mol. The van der Waals surface area contributed by atoms with E-state index < -0.39 is 5.60 Å². The highest BCUT2D eigenvalue weighted by Gasteiger charge is 2.48. The Hall–Kier alpha value is -0.810. The molecule has 0 aromatic heterocycles. The third kappa shape index (κ3) is 2.79. The lowest BCUT2D eigenvalue weighted by atomic mass is 9.71. The van der Waals surface area contributed by atoms with Crippen molar-refractivity contribution in [1.82, 2.24) is 15.1 Å². The van der Waals surface area contributed by atoms with Crippen LogP contribution in [0.5, 0.6) is 0 Å². The molecule has 0 atom stereocenters. The molecule has 0 aromatic carbocycles. The molecule has 1 spiro atoms.